The van der Waals surface area contributed by atoms with E-state index in [0.29, 0.717) is 10.0 Å². The molecule has 74 valence electrons. The van der Waals surface area contributed by atoms with Gasteiger partial charge in [-0.1, -0.05) is 15.9 Å². The van der Waals surface area contributed by atoms with Crippen LogP contribution in [0, 0.1) is 0 Å². The Morgan fingerprint density at radius 2 is 2.15 bits per heavy atom. The van der Waals surface area contributed by atoms with Crippen LogP contribution in [0.25, 0.3) is 0 Å². The molecule has 0 bridgehead atoms. The lowest BCUT2D eigenvalue weighted by atomic mass is 10.1. The number of alkyl halides is 1. The standard InChI is InChI=1S/C8H9BrFNO.ClH/c9-7-2-1-5(12)3-6(7)8(11)4-10;/h1-3,8,12H,4,11H2;1H/t8-;/m0./s1. The minimum atomic E-state index is -0.675. The number of rotatable bonds is 2. The average molecular weight is 271 g/mol. The summed E-state index contributed by atoms with van der Waals surface area (Å²) in [6.07, 6.45) is 0. The Morgan fingerprint density at radius 3 is 2.69 bits per heavy atom. The van der Waals surface area contributed by atoms with Gasteiger partial charge in [-0.2, -0.15) is 0 Å². The lowest BCUT2D eigenvalue weighted by Gasteiger charge is -2.09. The van der Waals surface area contributed by atoms with Crippen molar-refractivity contribution in [2.75, 3.05) is 6.67 Å². The van der Waals surface area contributed by atoms with E-state index in [1.54, 1.807) is 6.07 Å². The minimum Gasteiger partial charge on any atom is -0.508 e. The summed E-state index contributed by atoms with van der Waals surface area (Å²) in [5.74, 6) is 0.0945. The maximum Gasteiger partial charge on any atom is 0.115 e. The van der Waals surface area contributed by atoms with Gasteiger partial charge in [-0.15, -0.1) is 12.4 Å². The van der Waals surface area contributed by atoms with E-state index in [1.165, 1.54) is 12.1 Å². The Morgan fingerprint density at radius 1 is 1.54 bits per heavy atom. The summed E-state index contributed by atoms with van der Waals surface area (Å²) in [4.78, 5) is 0. The summed E-state index contributed by atoms with van der Waals surface area (Å²) >= 11 is 3.21. The zero-order valence-corrected chi connectivity index (χ0v) is 9.11. The van der Waals surface area contributed by atoms with E-state index in [9.17, 15) is 4.39 Å². The molecule has 0 aliphatic carbocycles. The highest BCUT2D eigenvalue weighted by molar-refractivity contribution is 9.10. The van der Waals surface area contributed by atoms with Crippen molar-refractivity contribution >= 4 is 28.3 Å². The van der Waals surface area contributed by atoms with Crippen LogP contribution in [-0.4, -0.2) is 11.8 Å². The maximum absolute atomic E-state index is 12.2. The first-order valence-electron chi connectivity index (χ1n) is 3.45. The molecule has 0 saturated carbocycles. The predicted octanol–water partition coefficient (Wildman–Crippen LogP) is 2.55. The van der Waals surface area contributed by atoms with E-state index in [-0.39, 0.29) is 18.2 Å². The summed E-state index contributed by atoms with van der Waals surface area (Å²) in [5, 5.41) is 9.08. The Kier molecular flexibility index (Phi) is 5.29. The summed E-state index contributed by atoms with van der Waals surface area (Å²) in [6.45, 7) is -0.637. The van der Waals surface area contributed by atoms with Crippen molar-refractivity contribution < 1.29 is 9.50 Å². The lowest BCUT2D eigenvalue weighted by molar-refractivity contribution is 0.433. The van der Waals surface area contributed by atoms with E-state index >= 15 is 0 Å². The third kappa shape index (κ3) is 3.14. The van der Waals surface area contributed by atoms with Crippen molar-refractivity contribution in [1.29, 1.82) is 0 Å². The molecule has 1 aromatic carbocycles. The average Bonchev–Trinajstić information content (AvgIpc) is 2.08. The van der Waals surface area contributed by atoms with Crippen LogP contribution < -0.4 is 5.73 Å². The molecule has 0 saturated heterocycles. The van der Waals surface area contributed by atoms with E-state index < -0.39 is 12.7 Å². The SMILES string of the molecule is Cl.N[C@@H](CF)c1cc(O)ccc1Br. The molecule has 0 heterocycles. The fraction of sp³-hybridized carbons (Fsp3) is 0.250. The van der Waals surface area contributed by atoms with Gasteiger partial charge in [0.2, 0.25) is 0 Å². The first-order valence-corrected chi connectivity index (χ1v) is 4.24. The molecule has 0 amide bonds. The monoisotopic (exact) mass is 269 g/mol. The number of benzene rings is 1. The van der Waals surface area contributed by atoms with E-state index in [2.05, 4.69) is 15.9 Å². The molecule has 3 N–H and O–H groups in total. The molecule has 1 atom stereocenters. The highest BCUT2D eigenvalue weighted by Crippen LogP contribution is 2.26. The maximum atomic E-state index is 12.2. The zero-order chi connectivity index (χ0) is 9.14. The number of hydrogen-bond acceptors (Lipinski definition) is 2. The van der Waals surface area contributed by atoms with Gasteiger partial charge in [0.25, 0.3) is 0 Å². The van der Waals surface area contributed by atoms with Crippen LogP contribution >= 0.6 is 28.3 Å². The smallest absolute Gasteiger partial charge is 0.115 e. The molecule has 0 fully saturated rings. The van der Waals surface area contributed by atoms with Gasteiger partial charge in [-0.05, 0) is 23.8 Å². The van der Waals surface area contributed by atoms with Crippen molar-refractivity contribution in [3.63, 3.8) is 0 Å². The van der Waals surface area contributed by atoms with Gasteiger partial charge >= 0.3 is 0 Å². The van der Waals surface area contributed by atoms with Crippen LogP contribution in [0.5, 0.6) is 5.75 Å². The number of phenolic OH excluding ortho intramolecular Hbond substituents is 1. The van der Waals surface area contributed by atoms with Crippen LogP contribution in [0.3, 0.4) is 0 Å². The highest BCUT2D eigenvalue weighted by Gasteiger charge is 2.09. The molecule has 1 rings (SSSR count). The van der Waals surface area contributed by atoms with Crippen molar-refractivity contribution in [3.8, 4) is 5.75 Å². The Hall–Kier alpha value is -0.320. The fourth-order valence-corrected chi connectivity index (χ4v) is 1.44. The Labute approximate surface area is 90.5 Å². The van der Waals surface area contributed by atoms with Crippen molar-refractivity contribution in [1.82, 2.24) is 0 Å². The van der Waals surface area contributed by atoms with Gasteiger partial charge in [0, 0.05) is 4.47 Å². The first-order chi connectivity index (χ1) is 5.65. The largest absolute Gasteiger partial charge is 0.508 e. The molecule has 0 spiro atoms. The van der Waals surface area contributed by atoms with Gasteiger partial charge in [-0.3, -0.25) is 0 Å². The van der Waals surface area contributed by atoms with Crippen molar-refractivity contribution in [2.24, 2.45) is 5.73 Å². The molecular weight excluding hydrogens is 260 g/mol. The van der Waals surface area contributed by atoms with Crippen LogP contribution in [0.1, 0.15) is 11.6 Å². The van der Waals surface area contributed by atoms with Gasteiger partial charge in [0.15, 0.2) is 0 Å². The van der Waals surface area contributed by atoms with Crippen LogP contribution in [0.4, 0.5) is 4.39 Å². The second kappa shape index (κ2) is 5.42. The van der Waals surface area contributed by atoms with E-state index in [4.69, 9.17) is 10.8 Å². The topological polar surface area (TPSA) is 46.2 Å². The predicted molar refractivity (Wildman–Crippen MR) is 56.0 cm³/mol. The highest BCUT2D eigenvalue weighted by atomic mass is 79.9. The quantitative estimate of drug-likeness (QED) is 0.867. The molecule has 0 aromatic heterocycles. The number of nitrogens with two attached hydrogens (primary N) is 1. The third-order valence-corrected chi connectivity index (χ3v) is 2.27. The number of aromatic hydroxyl groups is 1. The molecular formula is C8H10BrClFNO. The first kappa shape index (κ1) is 12.7. The molecule has 0 radical (unpaired) electrons. The fourth-order valence-electron chi connectivity index (χ4n) is 0.898. The second-order valence-electron chi connectivity index (χ2n) is 2.47. The van der Waals surface area contributed by atoms with Crippen molar-refractivity contribution in [2.45, 2.75) is 6.04 Å². The molecule has 0 unspecified atom stereocenters. The van der Waals surface area contributed by atoms with E-state index in [0.717, 1.165) is 0 Å². The van der Waals surface area contributed by atoms with Gasteiger partial charge in [0.1, 0.15) is 12.4 Å². The third-order valence-electron chi connectivity index (χ3n) is 1.55. The van der Waals surface area contributed by atoms with Gasteiger partial charge < -0.3 is 10.8 Å². The molecule has 0 aliphatic heterocycles. The van der Waals surface area contributed by atoms with Crippen LogP contribution in [-0.2, 0) is 0 Å². The number of halogens is 3. The Balaban J connectivity index is 0.00000144. The molecule has 13 heavy (non-hydrogen) atoms. The molecule has 5 heteroatoms. The second-order valence-corrected chi connectivity index (χ2v) is 3.32. The summed E-state index contributed by atoms with van der Waals surface area (Å²) in [5.41, 5.74) is 6.03. The normalized spacial score (nSPS) is 11.9. The minimum absolute atomic E-state index is 0. The van der Waals surface area contributed by atoms with Crippen LogP contribution in [0.2, 0.25) is 0 Å². The Bertz CT molecular complexity index is 285. The van der Waals surface area contributed by atoms with Crippen molar-refractivity contribution in [3.05, 3.63) is 28.2 Å². The van der Waals surface area contributed by atoms with Gasteiger partial charge in [0.05, 0.1) is 6.04 Å². The van der Waals surface area contributed by atoms with E-state index in [1.807, 2.05) is 0 Å². The number of phenols is 1. The summed E-state index contributed by atoms with van der Waals surface area (Å²) < 4.78 is 12.9. The van der Waals surface area contributed by atoms with Gasteiger partial charge in [-0.25, -0.2) is 4.39 Å². The summed E-state index contributed by atoms with van der Waals surface area (Å²) in [6, 6.07) is 3.93. The summed E-state index contributed by atoms with van der Waals surface area (Å²) in [7, 11) is 0. The lowest BCUT2D eigenvalue weighted by Crippen LogP contribution is -2.12. The molecule has 0 aliphatic rings. The van der Waals surface area contributed by atoms with Crippen LogP contribution in [0.15, 0.2) is 22.7 Å². The molecule has 2 nitrogen and oxygen atoms in total. The zero-order valence-electron chi connectivity index (χ0n) is 6.71. The molecule has 1 aromatic rings. The number of hydrogen-bond donors (Lipinski definition) is 2.